The Bertz CT molecular complexity index is 2990. The van der Waals surface area contributed by atoms with Crippen LogP contribution in [-0.2, 0) is 16.0 Å². The molecule has 0 amide bonds. The van der Waals surface area contributed by atoms with Crippen molar-refractivity contribution >= 4 is 27.0 Å². The number of halogens is 2. The molecule has 0 fully saturated rings. The highest BCUT2D eigenvalue weighted by molar-refractivity contribution is 8.10. The zero-order chi connectivity index (χ0) is 47.6. The fourth-order valence-corrected chi connectivity index (χ4v) is 10.2. The lowest BCUT2D eigenvalue weighted by atomic mass is 9.87. The minimum Gasteiger partial charge on any atom is -0.457 e. The van der Waals surface area contributed by atoms with E-state index in [0.29, 0.717) is 68.0 Å². The van der Waals surface area contributed by atoms with Crippen LogP contribution in [0.5, 0.6) is 11.5 Å². The number of hydrogen-bond donors (Lipinski definition) is 2. The van der Waals surface area contributed by atoms with Gasteiger partial charge in [0.1, 0.15) is 32.8 Å². The van der Waals surface area contributed by atoms with E-state index in [1.807, 2.05) is 18.2 Å². The van der Waals surface area contributed by atoms with Gasteiger partial charge in [-0.25, -0.2) is 13.0 Å². The molecule has 0 aliphatic rings. The molecule has 0 aliphatic carbocycles. The van der Waals surface area contributed by atoms with Gasteiger partial charge in [-0.05, 0) is 149 Å². The molecule has 0 heterocycles. The number of carbonyl (C=O) groups is 3. The number of ether oxygens (including phenoxy) is 1. The predicted molar refractivity (Wildman–Crippen MR) is 257 cm³/mol. The lowest BCUT2D eigenvalue weighted by Crippen LogP contribution is -2.41. The van der Waals surface area contributed by atoms with Crippen LogP contribution >= 0.6 is 0 Å². The molecular formula is C56H52F2O7S. The Morgan fingerprint density at radius 1 is 0.515 bits per heavy atom. The fraction of sp³-hybridized carbons (Fsp3) is 0.196. The van der Waals surface area contributed by atoms with Crippen molar-refractivity contribution in [3.05, 3.63) is 208 Å². The molecule has 66 heavy (non-hydrogen) atoms. The third kappa shape index (κ3) is 11.4. The second kappa shape index (κ2) is 18.3. The molecule has 0 saturated heterocycles. The maximum Gasteiger partial charge on any atom is 0.193 e. The monoisotopic (exact) mass is 906 g/mol. The summed E-state index contributed by atoms with van der Waals surface area (Å²) in [7, 11) is -5.12. The molecule has 0 atom stereocenters. The van der Waals surface area contributed by atoms with E-state index in [4.69, 9.17) is 4.74 Å². The summed E-state index contributed by atoms with van der Waals surface area (Å²) in [5.41, 5.74) is 5.11. The van der Waals surface area contributed by atoms with Crippen molar-refractivity contribution in [1.82, 2.24) is 0 Å². The van der Waals surface area contributed by atoms with E-state index in [0.717, 1.165) is 17.5 Å². The van der Waals surface area contributed by atoms with Gasteiger partial charge in [-0.3, -0.25) is 14.4 Å². The van der Waals surface area contributed by atoms with Gasteiger partial charge in [0.15, 0.2) is 17.3 Å². The minimum atomic E-state index is -5.12. The van der Waals surface area contributed by atoms with Gasteiger partial charge in [0.2, 0.25) is 0 Å². The maximum absolute atomic E-state index is 14.9. The Morgan fingerprint density at radius 3 is 1.45 bits per heavy atom. The Kier molecular flexibility index (Phi) is 13.1. The van der Waals surface area contributed by atoms with Gasteiger partial charge < -0.3 is 13.8 Å². The minimum absolute atomic E-state index is 0.0610. The summed E-state index contributed by atoms with van der Waals surface area (Å²) in [4.78, 5) is 41.3. The number of ketones is 3. The van der Waals surface area contributed by atoms with Crippen LogP contribution in [0.3, 0.4) is 0 Å². The average Bonchev–Trinajstić information content (AvgIpc) is 3.27. The van der Waals surface area contributed by atoms with Crippen molar-refractivity contribution in [1.29, 1.82) is 0 Å². The van der Waals surface area contributed by atoms with E-state index in [2.05, 4.69) is 20.8 Å². The van der Waals surface area contributed by atoms with Crippen molar-refractivity contribution < 1.29 is 41.2 Å². The highest BCUT2D eigenvalue weighted by Crippen LogP contribution is 2.38. The summed E-state index contributed by atoms with van der Waals surface area (Å²) < 4.78 is 68.6. The van der Waals surface area contributed by atoms with Gasteiger partial charge in [-0.1, -0.05) is 102 Å². The van der Waals surface area contributed by atoms with Crippen LogP contribution in [0.2, 0.25) is 0 Å². The molecule has 0 bridgehead atoms. The molecule has 7 aromatic carbocycles. The molecule has 0 unspecified atom stereocenters. The van der Waals surface area contributed by atoms with Gasteiger partial charge in [0, 0.05) is 33.4 Å². The summed E-state index contributed by atoms with van der Waals surface area (Å²) >= 11 is 0. The number of rotatable bonds is 14. The first-order chi connectivity index (χ1) is 31.0. The van der Waals surface area contributed by atoms with E-state index in [1.165, 1.54) is 72.8 Å². The largest absolute Gasteiger partial charge is 0.457 e. The number of hydrogen-bond acceptors (Lipinski definition) is 5. The van der Waals surface area contributed by atoms with Crippen molar-refractivity contribution in [2.75, 3.05) is 5.75 Å². The maximum atomic E-state index is 14.9. The second-order valence-corrected chi connectivity index (χ2v) is 21.9. The summed E-state index contributed by atoms with van der Waals surface area (Å²) in [6.07, 6.45) is 1.32. The van der Waals surface area contributed by atoms with Crippen LogP contribution in [0.1, 0.15) is 101 Å². The van der Waals surface area contributed by atoms with Crippen LogP contribution in [0.15, 0.2) is 163 Å². The van der Waals surface area contributed by atoms with Crippen LogP contribution in [0.25, 0.3) is 22.3 Å². The average molecular weight is 907 g/mol. The molecule has 0 spiro atoms. The molecule has 0 saturated carbocycles. The van der Waals surface area contributed by atoms with Crippen molar-refractivity contribution in [2.24, 2.45) is 10.8 Å². The third-order valence-electron chi connectivity index (χ3n) is 11.1. The van der Waals surface area contributed by atoms with Crippen LogP contribution in [0, 0.1) is 22.5 Å². The number of benzene rings is 7. The van der Waals surface area contributed by atoms with Gasteiger partial charge in [-0.15, -0.1) is 0 Å². The fourth-order valence-electron chi connectivity index (χ4n) is 7.77. The first-order valence-corrected chi connectivity index (χ1v) is 23.6. The van der Waals surface area contributed by atoms with Gasteiger partial charge in [-0.2, -0.15) is 0 Å². The lowest BCUT2D eigenvalue weighted by molar-refractivity contribution is 0.103. The normalized spacial score (nSPS) is 12.5. The quantitative estimate of drug-likeness (QED) is 0.104. The third-order valence-corrected chi connectivity index (χ3v) is 13.7. The van der Waals surface area contributed by atoms with Crippen molar-refractivity contribution in [3.63, 3.8) is 0 Å². The zero-order valence-electron chi connectivity index (χ0n) is 37.7. The molecule has 7 aromatic rings. The topological polar surface area (TPSA) is 118 Å². The molecule has 10 heteroatoms. The van der Waals surface area contributed by atoms with E-state index in [1.54, 1.807) is 87.5 Å². The van der Waals surface area contributed by atoms with E-state index < -0.39 is 26.7 Å². The molecule has 7 rings (SSSR count). The Hall–Kier alpha value is -6.72. The standard InChI is InChI=1S/C56H52F2O7S/c1-55(2,3)32-31-43-33-44(20-30-51(43)65-47-25-27-48(28-26-47)66(62,63,64)35-56(4,5)6)54(61)50-34-42(36-7-11-38(12-8-36)52(59)40-15-21-45(57)22-16-40)19-29-49(50)37-9-13-39(14-10-37)53(60)41-17-23-46(58)24-18-41/h7-30,33-34H,31-32,35H2,1-6H3,(H2,62,63,64). The Labute approximate surface area is 384 Å². The number of aryl methyl sites for hydroxylation is 1. The lowest BCUT2D eigenvalue weighted by Gasteiger charge is -2.36. The predicted octanol–water partition coefficient (Wildman–Crippen LogP) is 13.9. The van der Waals surface area contributed by atoms with E-state index >= 15 is 0 Å². The summed E-state index contributed by atoms with van der Waals surface area (Å²) in [6.45, 7) is 11.7. The van der Waals surface area contributed by atoms with Crippen molar-refractivity contribution in [2.45, 2.75) is 59.3 Å². The summed E-state index contributed by atoms with van der Waals surface area (Å²) in [6, 6.07) is 41.2. The SMILES string of the molecule is CC(C)(C)CCc1cc(C(=O)c2cc(-c3ccc(C(=O)c4ccc(F)cc4)cc3)ccc2-c2ccc(C(=O)c3ccc(F)cc3)cc2)ccc1Oc1ccc(S(=O)(O)(O)CC(C)(C)C)cc1. The molecule has 2 N–H and O–H groups in total. The van der Waals surface area contributed by atoms with Crippen molar-refractivity contribution in [3.8, 4) is 33.8 Å². The Balaban J connectivity index is 1.25. The smallest absolute Gasteiger partial charge is 0.193 e. The van der Waals surface area contributed by atoms with E-state index in [-0.39, 0.29) is 33.4 Å². The summed E-state index contributed by atoms with van der Waals surface area (Å²) in [5.74, 6) is -1.16. The Morgan fingerprint density at radius 2 is 0.970 bits per heavy atom. The summed E-state index contributed by atoms with van der Waals surface area (Å²) in [5, 5.41) is 0. The molecule has 7 nitrogen and oxygen atoms in total. The first kappa shape index (κ1) is 47.2. The van der Waals surface area contributed by atoms with Gasteiger partial charge >= 0.3 is 0 Å². The highest BCUT2D eigenvalue weighted by Gasteiger charge is 2.37. The van der Waals surface area contributed by atoms with E-state index in [9.17, 15) is 36.5 Å². The van der Waals surface area contributed by atoms with Crippen LogP contribution in [0.4, 0.5) is 8.78 Å². The first-order valence-electron chi connectivity index (χ1n) is 21.6. The highest BCUT2D eigenvalue weighted by atomic mass is 32.3. The number of carbonyl (C=O) groups excluding carboxylic acids is 3. The molecule has 0 aliphatic heterocycles. The molecule has 338 valence electrons. The zero-order valence-corrected chi connectivity index (χ0v) is 38.5. The van der Waals surface area contributed by atoms with Crippen LogP contribution in [-0.4, -0.2) is 36.4 Å². The molecule has 0 aromatic heterocycles. The van der Waals surface area contributed by atoms with Gasteiger partial charge in [0.25, 0.3) is 0 Å². The van der Waals surface area contributed by atoms with Gasteiger partial charge in [0.05, 0.1) is 10.6 Å². The second-order valence-electron chi connectivity index (χ2n) is 19.1. The van der Waals surface area contributed by atoms with Crippen LogP contribution < -0.4 is 4.74 Å². The molecule has 0 radical (unpaired) electrons. The molecular weight excluding hydrogens is 855 g/mol.